The van der Waals surface area contributed by atoms with E-state index >= 15 is 0 Å². The zero-order valence-corrected chi connectivity index (χ0v) is 11.4. The van der Waals surface area contributed by atoms with E-state index in [4.69, 9.17) is 0 Å². The maximum atomic E-state index is 12.7. The van der Waals surface area contributed by atoms with E-state index < -0.39 is 5.95 Å². The van der Waals surface area contributed by atoms with Crippen molar-refractivity contribution in [3.8, 4) is 0 Å². The number of halogens is 1. The smallest absolute Gasteiger partial charge is 0.319 e. The normalized spacial score (nSPS) is 26.1. The molecule has 1 aromatic rings. The quantitative estimate of drug-likeness (QED) is 0.833. The molecular weight excluding hydrogens is 257 g/mol. The summed E-state index contributed by atoms with van der Waals surface area (Å²) in [6.07, 6.45) is 8.72. The Morgan fingerprint density at radius 1 is 1.20 bits per heavy atom. The summed E-state index contributed by atoms with van der Waals surface area (Å²) in [6.45, 7) is 0. The summed E-state index contributed by atoms with van der Waals surface area (Å²) < 4.78 is 12.7. The van der Waals surface area contributed by atoms with Gasteiger partial charge in [-0.1, -0.05) is 12.8 Å². The van der Waals surface area contributed by atoms with E-state index in [1.165, 1.54) is 44.0 Å². The van der Waals surface area contributed by atoms with Gasteiger partial charge in [0.25, 0.3) is 0 Å². The maximum absolute atomic E-state index is 12.7. The second-order valence-electron chi connectivity index (χ2n) is 5.93. The first-order chi connectivity index (χ1) is 9.70. The van der Waals surface area contributed by atoms with Gasteiger partial charge in [-0.15, -0.1) is 0 Å². The predicted octanol–water partition coefficient (Wildman–Crippen LogP) is 3.31. The molecule has 0 aromatic carbocycles. The average molecular weight is 277 g/mol. The van der Waals surface area contributed by atoms with Gasteiger partial charge in [0.2, 0.25) is 5.95 Å². The van der Waals surface area contributed by atoms with Crippen molar-refractivity contribution in [3.05, 3.63) is 24.3 Å². The van der Waals surface area contributed by atoms with Gasteiger partial charge in [0.15, 0.2) is 0 Å². The first-order valence-electron chi connectivity index (χ1n) is 7.40. The fourth-order valence-electron chi connectivity index (χ4n) is 3.16. The predicted molar refractivity (Wildman–Crippen MR) is 74.8 cm³/mol. The summed E-state index contributed by atoms with van der Waals surface area (Å²) in [5.41, 5.74) is 0.512. The second-order valence-corrected chi connectivity index (χ2v) is 5.93. The molecule has 0 spiro atoms. The molecule has 2 N–H and O–H groups in total. The Morgan fingerprint density at radius 3 is 2.75 bits per heavy atom. The zero-order valence-electron chi connectivity index (χ0n) is 11.4. The van der Waals surface area contributed by atoms with Crippen LogP contribution in [0, 0.1) is 17.8 Å². The molecule has 2 atom stereocenters. The van der Waals surface area contributed by atoms with E-state index in [0.717, 1.165) is 24.7 Å². The van der Waals surface area contributed by atoms with E-state index in [9.17, 15) is 9.18 Å². The van der Waals surface area contributed by atoms with Crippen LogP contribution < -0.4 is 10.6 Å². The number of hydrogen-bond donors (Lipinski definition) is 2. The average Bonchev–Trinajstić information content (AvgIpc) is 3.26. The van der Waals surface area contributed by atoms with Crippen LogP contribution in [-0.2, 0) is 0 Å². The third kappa shape index (κ3) is 3.46. The number of rotatable bonds is 3. The van der Waals surface area contributed by atoms with Gasteiger partial charge in [-0.25, -0.2) is 9.78 Å². The van der Waals surface area contributed by atoms with Gasteiger partial charge in [0, 0.05) is 6.04 Å². The third-order valence-electron chi connectivity index (χ3n) is 4.32. The molecular formula is C15H20FN3O. The highest BCUT2D eigenvalue weighted by atomic mass is 19.1. The molecule has 2 saturated carbocycles. The Kier molecular flexibility index (Phi) is 3.85. The number of nitrogens with one attached hydrogen (secondary N) is 2. The monoisotopic (exact) mass is 277 g/mol. The molecule has 20 heavy (non-hydrogen) atoms. The van der Waals surface area contributed by atoms with Crippen LogP contribution >= 0.6 is 0 Å². The minimum Gasteiger partial charge on any atom is -0.335 e. The van der Waals surface area contributed by atoms with Gasteiger partial charge >= 0.3 is 6.03 Å². The fraction of sp³-hybridized carbons (Fsp3) is 0.600. The zero-order chi connectivity index (χ0) is 13.9. The first-order valence-corrected chi connectivity index (χ1v) is 7.40. The minimum atomic E-state index is -0.546. The Balaban J connectivity index is 1.49. The van der Waals surface area contributed by atoms with Crippen LogP contribution in [0.2, 0.25) is 0 Å². The van der Waals surface area contributed by atoms with Crippen LogP contribution in [0.3, 0.4) is 0 Å². The van der Waals surface area contributed by atoms with Gasteiger partial charge < -0.3 is 10.6 Å². The van der Waals surface area contributed by atoms with Gasteiger partial charge in [-0.05, 0) is 49.7 Å². The van der Waals surface area contributed by atoms with Gasteiger partial charge in [0.05, 0.1) is 11.9 Å². The number of aromatic nitrogens is 1. The van der Waals surface area contributed by atoms with E-state index in [1.54, 1.807) is 0 Å². The number of nitrogens with zero attached hydrogens (tertiary/aromatic N) is 1. The van der Waals surface area contributed by atoms with Crippen LogP contribution in [0.1, 0.15) is 38.5 Å². The lowest BCUT2D eigenvalue weighted by Crippen LogP contribution is -2.41. The minimum absolute atomic E-state index is 0.222. The lowest BCUT2D eigenvalue weighted by atomic mass is 9.83. The van der Waals surface area contributed by atoms with Gasteiger partial charge in [-0.2, -0.15) is 4.39 Å². The summed E-state index contributed by atoms with van der Waals surface area (Å²) >= 11 is 0. The molecule has 0 radical (unpaired) electrons. The van der Waals surface area contributed by atoms with Crippen molar-refractivity contribution < 1.29 is 9.18 Å². The number of anilines is 1. The van der Waals surface area contributed by atoms with Gasteiger partial charge in [0.1, 0.15) is 0 Å². The van der Waals surface area contributed by atoms with Crippen molar-refractivity contribution in [2.75, 3.05) is 5.32 Å². The fourth-order valence-corrected chi connectivity index (χ4v) is 3.16. The van der Waals surface area contributed by atoms with Crippen LogP contribution in [0.5, 0.6) is 0 Å². The van der Waals surface area contributed by atoms with Crippen molar-refractivity contribution in [1.82, 2.24) is 10.3 Å². The maximum Gasteiger partial charge on any atom is 0.319 e. The van der Waals surface area contributed by atoms with Crippen molar-refractivity contribution >= 4 is 11.7 Å². The van der Waals surface area contributed by atoms with E-state index in [0.29, 0.717) is 5.69 Å². The number of carbonyl (C=O) groups excluding carboxylic acids is 1. The molecule has 2 fully saturated rings. The standard InChI is InChI=1S/C15H20FN3O/c16-14-7-6-13(9-17-14)19-15(20)18-12-3-1-2-11(8-12)10-4-5-10/h6-7,9-12H,1-5,8H2,(H2,18,19,20)/t11-,12+/m0/s1. The SMILES string of the molecule is O=C(Nc1ccc(F)nc1)N[C@@H]1CCC[C@H](C2CC2)C1. The van der Waals surface area contributed by atoms with E-state index in [2.05, 4.69) is 15.6 Å². The summed E-state index contributed by atoms with van der Waals surface area (Å²) in [7, 11) is 0. The molecule has 1 aromatic heterocycles. The van der Waals surface area contributed by atoms with Crippen LogP contribution in [0.25, 0.3) is 0 Å². The molecule has 3 rings (SSSR count). The number of carbonyl (C=O) groups is 1. The van der Waals surface area contributed by atoms with E-state index in [1.807, 2.05) is 0 Å². The highest BCUT2D eigenvalue weighted by Crippen LogP contribution is 2.43. The number of pyridine rings is 1. The highest BCUT2D eigenvalue weighted by Gasteiger charge is 2.34. The first kappa shape index (κ1) is 13.3. The highest BCUT2D eigenvalue weighted by molar-refractivity contribution is 5.89. The summed E-state index contributed by atoms with van der Waals surface area (Å²) in [6, 6.07) is 2.79. The molecule has 5 heteroatoms. The molecule has 2 aliphatic rings. The summed E-state index contributed by atoms with van der Waals surface area (Å²) in [4.78, 5) is 15.4. The molecule has 4 nitrogen and oxygen atoms in total. The summed E-state index contributed by atoms with van der Waals surface area (Å²) in [5, 5.41) is 5.72. The molecule has 0 saturated heterocycles. The summed E-state index contributed by atoms with van der Waals surface area (Å²) in [5.74, 6) is 1.15. The van der Waals surface area contributed by atoms with Crippen LogP contribution in [-0.4, -0.2) is 17.1 Å². The topological polar surface area (TPSA) is 54.0 Å². The van der Waals surface area contributed by atoms with Crippen LogP contribution in [0.15, 0.2) is 18.3 Å². The van der Waals surface area contributed by atoms with Gasteiger partial charge in [-0.3, -0.25) is 0 Å². The molecule has 0 aliphatic heterocycles. The number of urea groups is 1. The van der Waals surface area contributed by atoms with Crippen molar-refractivity contribution in [3.63, 3.8) is 0 Å². The molecule has 0 bridgehead atoms. The lowest BCUT2D eigenvalue weighted by Gasteiger charge is -2.29. The van der Waals surface area contributed by atoms with Crippen molar-refractivity contribution in [1.29, 1.82) is 0 Å². The molecule has 108 valence electrons. The molecule has 2 aliphatic carbocycles. The second kappa shape index (κ2) is 5.77. The van der Waals surface area contributed by atoms with Crippen LogP contribution in [0.4, 0.5) is 14.9 Å². The molecule has 0 unspecified atom stereocenters. The third-order valence-corrected chi connectivity index (χ3v) is 4.32. The lowest BCUT2D eigenvalue weighted by molar-refractivity contribution is 0.230. The van der Waals surface area contributed by atoms with Crippen molar-refractivity contribution in [2.45, 2.75) is 44.6 Å². The van der Waals surface area contributed by atoms with Crippen molar-refractivity contribution in [2.24, 2.45) is 11.8 Å². The molecule has 1 heterocycles. The Labute approximate surface area is 118 Å². The largest absolute Gasteiger partial charge is 0.335 e. The number of amides is 2. The van der Waals surface area contributed by atoms with E-state index in [-0.39, 0.29) is 12.1 Å². The molecule has 2 amide bonds. The number of hydrogen-bond acceptors (Lipinski definition) is 2. The Bertz CT molecular complexity index is 473. The Hall–Kier alpha value is -1.65. The Morgan fingerprint density at radius 2 is 2.05 bits per heavy atom.